The van der Waals surface area contributed by atoms with Crippen LogP contribution in [0.2, 0.25) is 0 Å². The second kappa shape index (κ2) is 10.2. The number of sulfone groups is 1. The molecule has 0 radical (unpaired) electrons. The van der Waals surface area contributed by atoms with E-state index >= 15 is 0 Å². The maximum Gasteiger partial charge on any atom is 0.435 e. The van der Waals surface area contributed by atoms with Gasteiger partial charge in [-0.15, -0.1) is 0 Å². The number of fused-ring (bicyclic) bond motifs is 3. The quantitative estimate of drug-likeness (QED) is 0.267. The average Bonchev–Trinajstić information content (AvgIpc) is 3.34. The van der Waals surface area contributed by atoms with E-state index in [1.165, 1.54) is 11.8 Å². The zero-order valence-electron chi connectivity index (χ0n) is 22.6. The monoisotopic (exact) mass is 623 g/mol. The molecule has 2 aromatic rings. The predicted molar refractivity (Wildman–Crippen MR) is 136 cm³/mol. The fourth-order valence-electron chi connectivity index (χ4n) is 7.07. The lowest BCUT2D eigenvalue weighted by Crippen LogP contribution is -2.53. The van der Waals surface area contributed by atoms with Crippen LogP contribution >= 0.6 is 0 Å². The number of rotatable bonds is 4. The molecule has 2 aliphatic carbocycles. The van der Waals surface area contributed by atoms with E-state index in [-0.39, 0.29) is 59.2 Å². The SMILES string of the molecule is Cc1cc(S(=O)(=O)C23CCN(C(=O)C4CCCCC4)C2CCc2cc(C(F)(C(F)(F)F)C(F)(F)F)ccc23)ccc1F. The van der Waals surface area contributed by atoms with Crippen LogP contribution in [0.4, 0.5) is 35.1 Å². The van der Waals surface area contributed by atoms with Crippen molar-refractivity contribution in [1.29, 1.82) is 0 Å². The maximum atomic E-state index is 15.0. The molecule has 1 aliphatic heterocycles. The van der Waals surface area contributed by atoms with E-state index in [2.05, 4.69) is 0 Å². The molecule has 1 amide bonds. The molecule has 2 unspecified atom stereocenters. The molecule has 0 spiro atoms. The third-order valence-electron chi connectivity index (χ3n) is 9.22. The van der Waals surface area contributed by atoms with E-state index in [0.29, 0.717) is 25.0 Å². The van der Waals surface area contributed by atoms with Crippen LogP contribution < -0.4 is 0 Å². The Kier molecular flexibility index (Phi) is 7.46. The molecule has 0 N–H and O–H groups in total. The molecular formula is C29H29F8NO3S. The van der Waals surface area contributed by atoms with Gasteiger partial charge < -0.3 is 4.90 Å². The lowest BCUT2D eigenvalue weighted by Gasteiger charge is -2.43. The molecule has 3 aliphatic rings. The number of carbonyl (C=O) groups is 1. The van der Waals surface area contributed by atoms with Crippen molar-refractivity contribution in [1.82, 2.24) is 4.90 Å². The van der Waals surface area contributed by atoms with Gasteiger partial charge in [0.2, 0.25) is 5.91 Å². The first-order chi connectivity index (χ1) is 19.5. The second-order valence-corrected chi connectivity index (χ2v) is 13.7. The van der Waals surface area contributed by atoms with Crippen molar-refractivity contribution in [2.24, 2.45) is 5.92 Å². The van der Waals surface area contributed by atoms with Gasteiger partial charge in [0.25, 0.3) is 0 Å². The number of halogens is 8. The van der Waals surface area contributed by atoms with Crippen molar-refractivity contribution in [2.45, 2.75) is 92.0 Å². The Morgan fingerprint density at radius 3 is 2.14 bits per heavy atom. The highest BCUT2D eigenvalue weighted by Crippen LogP contribution is 2.57. The van der Waals surface area contributed by atoms with Gasteiger partial charge in [0, 0.05) is 18.0 Å². The summed E-state index contributed by atoms with van der Waals surface area (Å²) in [6.07, 6.45) is -9.19. The molecule has 2 fully saturated rings. The second-order valence-electron chi connectivity index (χ2n) is 11.5. The molecule has 5 rings (SSSR count). The van der Waals surface area contributed by atoms with Crippen molar-refractivity contribution >= 4 is 15.7 Å². The summed E-state index contributed by atoms with van der Waals surface area (Å²) >= 11 is 0. The van der Waals surface area contributed by atoms with Gasteiger partial charge in [0.1, 0.15) is 10.6 Å². The number of benzene rings is 2. The van der Waals surface area contributed by atoms with Gasteiger partial charge in [-0.3, -0.25) is 4.79 Å². The molecule has 2 aromatic carbocycles. The molecule has 4 nitrogen and oxygen atoms in total. The summed E-state index contributed by atoms with van der Waals surface area (Å²) in [5.41, 5.74) is -7.60. The van der Waals surface area contributed by atoms with Gasteiger partial charge in [0.15, 0.2) is 9.84 Å². The van der Waals surface area contributed by atoms with Gasteiger partial charge in [-0.2, -0.15) is 26.3 Å². The lowest BCUT2D eigenvalue weighted by molar-refractivity contribution is -0.348. The summed E-state index contributed by atoms with van der Waals surface area (Å²) < 4.78 is 137. The van der Waals surface area contributed by atoms with Crippen molar-refractivity contribution < 1.29 is 48.3 Å². The van der Waals surface area contributed by atoms with E-state index in [4.69, 9.17) is 0 Å². The van der Waals surface area contributed by atoms with Crippen LogP contribution in [0.3, 0.4) is 0 Å². The zero-order chi connectivity index (χ0) is 30.9. The Morgan fingerprint density at radius 2 is 1.55 bits per heavy atom. The highest BCUT2D eigenvalue weighted by atomic mass is 32.2. The molecule has 13 heteroatoms. The van der Waals surface area contributed by atoms with E-state index < -0.39 is 50.0 Å². The first kappa shape index (κ1) is 30.7. The van der Waals surface area contributed by atoms with Crippen LogP contribution in [0.25, 0.3) is 0 Å². The minimum absolute atomic E-state index is 0.00124. The van der Waals surface area contributed by atoms with Crippen LogP contribution in [0.5, 0.6) is 0 Å². The molecule has 1 saturated carbocycles. The van der Waals surface area contributed by atoms with Gasteiger partial charge in [-0.05, 0) is 73.9 Å². The van der Waals surface area contributed by atoms with Crippen molar-refractivity contribution in [3.63, 3.8) is 0 Å². The Bertz CT molecular complexity index is 1480. The number of aryl methyl sites for hydroxylation is 2. The fraction of sp³-hybridized carbons (Fsp3) is 0.552. The number of amides is 1. The number of hydrogen-bond donors (Lipinski definition) is 0. The van der Waals surface area contributed by atoms with Crippen LogP contribution in [0, 0.1) is 18.7 Å². The number of nitrogens with zero attached hydrogens (tertiary/aromatic N) is 1. The molecule has 0 bridgehead atoms. The number of alkyl halides is 7. The van der Waals surface area contributed by atoms with E-state index in [9.17, 15) is 48.3 Å². The van der Waals surface area contributed by atoms with Gasteiger partial charge in [-0.25, -0.2) is 17.2 Å². The van der Waals surface area contributed by atoms with Crippen LogP contribution in [0.15, 0.2) is 41.3 Å². The van der Waals surface area contributed by atoms with Crippen LogP contribution in [-0.2, 0) is 31.5 Å². The third kappa shape index (κ3) is 4.43. The molecule has 1 heterocycles. The van der Waals surface area contributed by atoms with Crippen LogP contribution in [-0.4, -0.2) is 44.2 Å². The molecule has 2 atom stereocenters. The Morgan fingerprint density at radius 1 is 0.905 bits per heavy atom. The minimum atomic E-state index is -6.33. The number of likely N-dealkylation sites (tertiary alicyclic amines) is 1. The predicted octanol–water partition coefficient (Wildman–Crippen LogP) is 7.22. The topological polar surface area (TPSA) is 54.5 Å². The Balaban J connectivity index is 1.69. The Labute approximate surface area is 238 Å². The summed E-state index contributed by atoms with van der Waals surface area (Å²) in [7, 11) is -4.51. The molecule has 1 saturated heterocycles. The number of hydrogen-bond acceptors (Lipinski definition) is 3. The summed E-state index contributed by atoms with van der Waals surface area (Å²) in [5.74, 6) is -1.22. The molecular weight excluding hydrogens is 594 g/mol. The normalized spacial score (nSPS) is 23.9. The standard InChI is InChI=1S/C29H29F8NO3S/c1-17-15-21(9-11-23(17)30)42(40,41)26-13-14-38(25(39)18-5-3-2-4-6-18)24(26)12-7-19-16-20(8-10-22(19)26)27(31,28(32,33)34)29(35,36)37/h8-11,15-16,18,24H,2-7,12-14H2,1H3. The van der Waals surface area contributed by atoms with Crippen LogP contribution in [0.1, 0.15) is 67.2 Å². The maximum absolute atomic E-state index is 15.0. The zero-order valence-corrected chi connectivity index (χ0v) is 23.4. The lowest BCUT2D eigenvalue weighted by atomic mass is 9.76. The Hall–Kier alpha value is -2.70. The summed E-state index contributed by atoms with van der Waals surface area (Å²) in [5, 5.41) is 0. The molecule has 0 aromatic heterocycles. The molecule has 42 heavy (non-hydrogen) atoms. The van der Waals surface area contributed by atoms with Crippen molar-refractivity contribution in [3.8, 4) is 0 Å². The summed E-state index contributed by atoms with van der Waals surface area (Å²) in [6, 6.07) is 3.77. The van der Waals surface area contributed by atoms with Gasteiger partial charge in [-0.1, -0.05) is 37.5 Å². The smallest absolute Gasteiger partial charge is 0.337 e. The third-order valence-corrected chi connectivity index (χ3v) is 11.8. The minimum Gasteiger partial charge on any atom is -0.337 e. The highest BCUT2D eigenvalue weighted by molar-refractivity contribution is 7.92. The van der Waals surface area contributed by atoms with E-state index in [1.54, 1.807) is 0 Å². The van der Waals surface area contributed by atoms with E-state index in [1.807, 2.05) is 0 Å². The van der Waals surface area contributed by atoms with Crippen molar-refractivity contribution in [3.05, 3.63) is 64.5 Å². The van der Waals surface area contributed by atoms with Crippen molar-refractivity contribution in [2.75, 3.05) is 6.54 Å². The molecule has 230 valence electrons. The summed E-state index contributed by atoms with van der Waals surface area (Å²) in [6.45, 7) is 1.35. The number of carbonyl (C=O) groups excluding carboxylic acids is 1. The fourth-order valence-corrected chi connectivity index (χ4v) is 9.52. The summed E-state index contributed by atoms with van der Waals surface area (Å²) in [4.78, 5) is 14.9. The largest absolute Gasteiger partial charge is 0.435 e. The van der Waals surface area contributed by atoms with E-state index in [0.717, 1.165) is 43.5 Å². The first-order valence-corrected chi connectivity index (χ1v) is 15.2. The first-order valence-electron chi connectivity index (χ1n) is 13.7. The highest BCUT2D eigenvalue weighted by Gasteiger charge is 2.74. The van der Waals surface area contributed by atoms with Gasteiger partial charge >= 0.3 is 18.0 Å². The van der Waals surface area contributed by atoms with Gasteiger partial charge in [0.05, 0.1) is 10.9 Å². The average molecular weight is 624 g/mol.